The Morgan fingerprint density at radius 3 is 2.60 bits per heavy atom. The first-order valence-corrected chi connectivity index (χ1v) is 8.02. The fourth-order valence-electron chi connectivity index (χ4n) is 2.60. The largest absolute Gasteiger partial charge is 0.207 e. The predicted molar refractivity (Wildman–Crippen MR) is 85.0 cm³/mol. The number of alkyl halides is 1. The third-order valence-corrected chi connectivity index (χ3v) is 5.54. The van der Waals surface area contributed by atoms with Crippen LogP contribution in [0.2, 0.25) is 5.02 Å². The van der Waals surface area contributed by atoms with Crippen molar-refractivity contribution in [3.63, 3.8) is 0 Å². The molecule has 3 unspecified atom stereocenters. The van der Waals surface area contributed by atoms with E-state index in [2.05, 4.69) is 28.1 Å². The molecular formula is C16H12BrCl2F. The molecule has 2 aromatic rings. The summed E-state index contributed by atoms with van der Waals surface area (Å²) in [5, 5.41) is 0.148. The van der Waals surface area contributed by atoms with Gasteiger partial charge >= 0.3 is 0 Å². The molecule has 1 aliphatic rings. The van der Waals surface area contributed by atoms with E-state index in [0.717, 1.165) is 6.42 Å². The second-order valence-electron chi connectivity index (χ2n) is 5.11. The maximum atomic E-state index is 14.0. The summed E-state index contributed by atoms with van der Waals surface area (Å²) < 4.78 is 14.6. The van der Waals surface area contributed by atoms with Crippen molar-refractivity contribution in [3.05, 3.63) is 68.9 Å². The van der Waals surface area contributed by atoms with Gasteiger partial charge in [-0.2, -0.15) is 0 Å². The summed E-state index contributed by atoms with van der Waals surface area (Å²) in [6.45, 7) is 0. The normalized spacial score (nSPS) is 22.6. The van der Waals surface area contributed by atoms with Crippen molar-refractivity contribution in [3.8, 4) is 0 Å². The highest BCUT2D eigenvalue weighted by Gasteiger charge is 2.44. The van der Waals surface area contributed by atoms with Gasteiger partial charge in [0.1, 0.15) is 5.82 Å². The zero-order valence-electron chi connectivity index (χ0n) is 10.5. The Morgan fingerprint density at radius 2 is 1.90 bits per heavy atom. The van der Waals surface area contributed by atoms with Crippen LogP contribution >= 0.6 is 39.1 Å². The molecule has 2 aromatic carbocycles. The SMILES string of the molecule is Fc1cc(Br)c(Cl)cc1C(Cl)C1CC1c1ccccc1. The Hall–Kier alpha value is -0.570. The number of rotatable bonds is 3. The molecule has 4 heteroatoms. The minimum Gasteiger partial charge on any atom is -0.207 e. The van der Waals surface area contributed by atoms with E-state index in [4.69, 9.17) is 23.2 Å². The van der Waals surface area contributed by atoms with Crippen LogP contribution in [0.4, 0.5) is 4.39 Å². The Kier molecular flexibility index (Phi) is 4.07. The van der Waals surface area contributed by atoms with Crippen LogP contribution in [0.25, 0.3) is 0 Å². The number of benzene rings is 2. The maximum Gasteiger partial charge on any atom is 0.129 e. The molecule has 0 radical (unpaired) electrons. The molecule has 0 nitrogen and oxygen atoms in total. The quantitative estimate of drug-likeness (QED) is 0.435. The van der Waals surface area contributed by atoms with Gasteiger partial charge in [0.05, 0.1) is 10.4 Å². The molecule has 0 heterocycles. The molecule has 1 fully saturated rings. The minimum absolute atomic E-state index is 0.269. The fourth-order valence-corrected chi connectivity index (χ4v) is 3.53. The molecule has 104 valence electrons. The van der Waals surface area contributed by atoms with E-state index < -0.39 is 0 Å². The molecule has 0 saturated heterocycles. The average molecular weight is 374 g/mol. The van der Waals surface area contributed by atoms with E-state index in [-0.39, 0.29) is 17.1 Å². The van der Waals surface area contributed by atoms with E-state index in [1.807, 2.05) is 18.2 Å². The zero-order valence-corrected chi connectivity index (χ0v) is 13.6. The summed E-state index contributed by atoms with van der Waals surface area (Å²) in [6.07, 6.45) is 0.991. The number of halogens is 4. The van der Waals surface area contributed by atoms with Gasteiger partial charge in [0, 0.05) is 10.0 Å². The van der Waals surface area contributed by atoms with Gasteiger partial charge in [0.25, 0.3) is 0 Å². The van der Waals surface area contributed by atoms with Crippen molar-refractivity contribution in [1.82, 2.24) is 0 Å². The Balaban J connectivity index is 1.82. The summed E-state index contributed by atoms with van der Waals surface area (Å²) in [5.74, 6) is 0.381. The molecule has 0 spiro atoms. The summed E-state index contributed by atoms with van der Waals surface area (Å²) in [4.78, 5) is 0. The molecule has 3 atom stereocenters. The monoisotopic (exact) mass is 372 g/mol. The van der Waals surface area contributed by atoms with Crippen molar-refractivity contribution in [2.24, 2.45) is 5.92 Å². The van der Waals surface area contributed by atoms with E-state index in [1.165, 1.54) is 11.6 Å². The predicted octanol–water partition coefficient (Wildman–Crippen LogP) is 6.33. The first-order valence-electron chi connectivity index (χ1n) is 6.41. The third-order valence-electron chi connectivity index (χ3n) is 3.78. The van der Waals surface area contributed by atoms with Crippen LogP contribution in [0.1, 0.15) is 28.8 Å². The van der Waals surface area contributed by atoms with E-state index in [1.54, 1.807) is 6.07 Å². The van der Waals surface area contributed by atoms with Crippen LogP contribution in [0, 0.1) is 11.7 Å². The van der Waals surface area contributed by atoms with E-state index >= 15 is 0 Å². The lowest BCUT2D eigenvalue weighted by Gasteiger charge is -2.12. The van der Waals surface area contributed by atoms with Crippen LogP contribution < -0.4 is 0 Å². The van der Waals surface area contributed by atoms with Crippen LogP contribution in [0.3, 0.4) is 0 Å². The first-order chi connectivity index (χ1) is 9.58. The van der Waals surface area contributed by atoms with E-state index in [0.29, 0.717) is 21.0 Å². The van der Waals surface area contributed by atoms with Gasteiger partial charge in [-0.05, 0) is 51.9 Å². The molecule has 3 rings (SSSR count). The van der Waals surface area contributed by atoms with Crippen molar-refractivity contribution < 1.29 is 4.39 Å². The van der Waals surface area contributed by atoms with Gasteiger partial charge in [-0.1, -0.05) is 41.9 Å². The lowest BCUT2D eigenvalue weighted by atomic mass is 10.0. The maximum absolute atomic E-state index is 14.0. The van der Waals surface area contributed by atoms with Gasteiger partial charge in [-0.15, -0.1) is 11.6 Å². The molecule has 0 aliphatic heterocycles. The average Bonchev–Trinajstić information content (AvgIpc) is 3.23. The summed E-state index contributed by atoms with van der Waals surface area (Å²) >= 11 is 15.7. The third kappa shape index (κ3) is 2.74. The van der Waals surface area contributed by atoms with Crippen molar-refractivity contribution in [1.29, 1.82) is 0 Å². The van der Waals surface area contributed by atoms with Gasteiger partial charge in [0.15, 0.2) is 0 Å². The highest BCUT2D eigenvalue weighted by molar-refractivity contribution is 9.10. The smallest absolute Gasteiger partial charge is 0.129 e. The molecule has 0 aromatic heterocycles. The highest BCUT2D eigenvalue weighted by Crippen LogP contribution is 2.57. The summed E-state index contributed by atoms with van der Waals surface area (Å²) in [6, 6.07) is 13.2. The van der Waals surface area contributed by atoms with Crippen LogP contribution in [-0.4, -0.2) is 0 Å². The van der Waals surface area contributed by atoms with Crippen molar-refractivity contribution in [2.75, 3.05) is 0 Å². The van der Waals surface area contributed by atoms with Crippen molar-refractivity contribution >= 4 is 39.1 Å². The molecular weight excluding hydrogens is 362 g/mol. The van der Waals surface area contributed by atoms with E-state index in [9.17, 15) is 4.39 Å². The van der Waals surface area contributed by atoms with Gasteiger partial charge < -0.3 is 0 Å². The second-order valence-corrected chi connectivity index (χ2v) is 6.84. The molecule has 0 amide bonds. The fraction of sp³-hybridized carbons (Fsp3) is 0.250. The topological polar surface area (TPSA) is 0 Å². The van der Waals surface area contributed by atoms with Crippen molar-refractivity contribution in [2.45, 2.75) is 17.7 Å². The van der Waals surface area contributed by atoms with Crippen LogP contribution in [0.5, 0.6) is 0 Å². The van der Waals surface area contributed by atoms with Crippen LogP contribution in [0.15, 0.2) is 46.9 Å². The lowest BCUT2D eigenvalue weighted by Crippen LogP contribution is -1.99. The van der Waals surface area contributed by atoms with Gasteiger partial charge in [0.2, 0.25) is 0 Å². The minimum atomic E-state index is -0.342. The highest BCUT2D eigenvalue weighted by atomic mass is 79.9. The Labute approximate surface area is 136 Å². The first kappa shape index (κ1) is 14.4. The molecule has 20 heavy (non-hydrogen) atoms. The standard InChI is InChI=1S/C16H12BrCl2F/c17-13-8-15(20)12(7-14(13)18)16(19)11-6-10(11)9-4-2-1-3-5-9/h1-5,7-8,10-11,16H,6H2. The van der Waals surface area contributed by atoms with Gasteiger partial charge in [-0.25, -0.2) is 4.39 Å². The molecule has 1 saturated carbocycles. The Bertz CT molecular complexity index is 630. The van der Waals surface area contributed by atoms with Gasteiger partial charge in [-0.3, -0.25) is 0 Å². The Morgan fingerprint density at radius 1 is 1.20 bits per heavy atom. The van der Waals surface area contributed by atoms with Crippen LogP contribution in [-0.2, 0) is 0 Å². The number of hydrogen-bond acceptors (Lipinski definition) is 0. The molecule has 0 bridgehead atoms. The zero-order chi connectivity index (χ0) is 14.3. The summed E-state index contributed by atoms with van der Waals surface area (Å²) in [7, 11) is 0. The molecule has 1 aliphatic carbocycles. The second kappa shape index (κ2) is 5.67. The number of hydrogen-bond donors (Lipinski definition) is 0. The lowest BCUT2D eigenvalue weighted by molar-refractivity contribution is 0.594. The molecule has 0 N–H and O–H groups in total. The summed E-state index contributed by atoms with van der Waals surface area (Å²) in [5.41, 5.74) is 1.76.